The molecule has 0 amide bonds. The van der Waals surface area contributed by atoms with Gasteiger partial charge in [0.05, 0.1) is 0 Å². The lowest BCUT2D eigenvalue weighted by molar-refractivity contribution is 0.112. The van der Waals surface area contributed by atoms with Gasteiger partial charge in [-0.1, -0.05) is 0 Å². The number of fused-ring (bicyclic) bond motifs is 1. The predicted molar refractivity (Wildman–Crippen MR) is 83.4 cm³/mol. The lowest BCUT2D eigenvalue weighted by Crippen LogP contribution is -2.14. The van der Waals surface area contributed by atoms with E-state index < -0.39 is 0 Å². The first-order valence-electron chi connectivity index (χ1n) is 6.36. The molecule has 2 rings (SSSR count). The molecule has 4 nitrogen and oxygen atoms in total. The second kappa shape index (κ2) is 5.33. The lowest BCUT2D eigenvalue weighted by Gasteiger charge is -2.23. The van der Waals surface area contributed by atoms with Gasteiger partial charge in [0.1, 0.15) is 0 Å². The molecule has 104 valence electrons. The molecule has 20 heavy (non-hydrogen) atoms. The van der Waals surface area contributed by atoms with Crippen LogP contribution in [0.25, 0.3) is 10.8 Å². The van der Waals surface area contributed by atoms with Crippen molar-refractivity contribution in [1.29, 1.82) is 0 Å². The molecule has 0 aliphatic heterocycles. The molecule has 2 aromatic rings. The summed E-state index contributed by atoms with van der Waals surface area (Å²) in [6.07, 6.45) is 1.60. The Morgan fingerprint density at radius 2 is 1.10 bits per heavy atom. The van der Waals surface area contributed by atoms with E-state index in [9.17, 15) is 9.59 Å². The summed E-state index contributed by atoms with van der Waals surface area (Å²) in [5.41, 5.74) is 3.05. The molecule has 4 heteroatoms. The molecular weight excluding hydrogens is 252 g/mol. The Hall–Kier alpha value is -2.36. The van der Waals surface area contributed by atoms with Gasteiger partial charge in [-0.15, -0.1) is 0 Å². The van der Waals surface area contributed by atoms with Crippen LogP contribution in [-0.2, 0) is 0 Å². The Morgan fingerprint density at radius 1 is 0.700 bits per heavy atom. The third-order valence-corrected chi connectivity index (χ3v) is 3.40. The quantitative estimate of drug-likeness (QED) is 0.801. The van der Waals surface area contributed by atoms with Gasteiger partial charge in [0.25, 0.3) is 0 Å². The zero-order chi connectivity index (χ0) is 14.9. The molecule has 0 radical (unpaired) electrons. The average molecular weight is 270 g/mol. The first kappa shape index (κ1) is 14.1. The van der Waals surface area contributed by atoms with Crippen molar-refractivity contribution in [3.8, 4) is 0 Å². The number of carbonyl (C=O) groups is 2. The van der Waals surface area contributed by atoms with E-state index >= 15 is 0 Å². The summed E-state index contributed by atoms with van der Waals surface area (Å²) in [6.45, 7) is 0. The number of nitrogens with zero attached hydrogens (tertiary/aromatic N) is 2. The largest absolute Gasteiger partial charge is 0.377 e. The number of anilines is 2. The normalized spacial score (nSPS) is 10.4. The van der Waals surface area contributed by atoms with Crippen LogP contribution in [0.15, 0.2) is 24.3 Å². The topological polar surface area (TPSA) is 40.6 Å². The number of aldehydes is 2. The smallest absolute Gasteiger partial charge is 0.150 e. The van der Waals surface area contributed by atoms with Gasteiger partial charge in [-0.25, -0.2) is 0 Å². The molecule has 0 N–H and O–H groups in total. The maximum atomic E-state index is 11.3. The van der Waals surface area contributed by atoms with Crippen molar-refractivity contribution in [2.75, 3.05) is 38.0 Å². The number of hydrogen-bond acceptors (Lipinski definition) is 4. The molecule has 0 fully saturated rings. The van der Waals surface area contributed by atoms with E-state index in [1.807, 2.05) is 50.1 Å². The van der Waals surface area contributed by atoms with Crippen molar-refractivity contribution in [1.82, 2.24) is 0 Å². The van der Waals surface area contributed by atoms with Crippen LogP contribution >= 0.6 is 0 Å². The Labute approximate surface area is 118 Å². The molecule has 0 aliphatic carbocycles. The zero-order valence-corrected chi connectivity index (χ0v) is 12.2. The molecule has 0 saturated heterocycles. The lowest BCUT2D eigenvalue weighted by atomic mass is 9.96. The molecule has 0 aliphatic rings. The molecule has 0 heterocycles. The van der Waals surface area contributed by atoms with Crippen molar-refractivity contribution in [3.63, 3.8) is 0 Å². The van der Waals surface area contributed by atoms with Crippen molar-refractivity contribution < 1.29 is 9.59 Å². The Morgan fingerprint density at radius 3 is 1.40 bits per heavy atom. The van der Waals surface area contributed by atoms with Crippen molar-refractivity contribution in [2.24, 2.45) is 0 Å². The summed E-state index contributed by atoms with van der Waals surface area (Å²) >= 11 is 0. The van der Waals surface area contributed by atoms with Crippen LogP contribution in [0.1, 0.15) is 20.7 Å². The molecule has 0 aromatic heterocycles. The van der Waals surface area contributed by atoms with E-state index in [4.69, 9.17) is 0 Å². The van der Waals surface area contributed by atoms with E-state index in [0.29, 0.717) is 16.5 Å². The predicted octanol–water partition coefficient (Wildman–Crippen LogP) is 2.60. The third kappa shape index (κ3) is 2.13. The van der Waals surface area contributed by atoms with Crippen LogP contribution < -0.4 is 9.80 Å². The maximum absolute atomic E-state index is 11.3. The third-order valence-electron chi connectivity index (χ3n) is 3.40. The molecule has 0 atom stereocenters. The molecule has 0 bridgehead atoms. The highest BCUT2D eigenvalue weighted by atomic mass is 16.1. The summed E-state index contributed by atoms with van der Waals surface area (Å²) in [5, 5.41) is 1.64. The van der Waals surface area contributed by atoms with Crippen LogP contribution in [0.3, 0.4) is 0 Å². The second-order valence-corrected chi connectivity index (χ2v) is 5.12. The van der Waals surface area contributed by atoms with E-state index in [0.717, 1.165) is 29.3 Å². The number of rotatable bonds is 4. The van der Waals surface area contributed by atoms with Gasteiger partial charge >= 0.3 is 0 Å². The zero-order valence-electron chi connectivity index (χ0n) is 12.2. The van der Waals surface area contributed by atoms with Crippen molar-refractivity contribution >= 4 is 34.7 Å². The minimum atomic E-state index is 0.538. The summed E-state index contributed by atoms with van der Waals surface area (Å²) in [7, 11) is 7.79. The Bertz CT molecular complexity index is 621. The first-order valence-corrected chi connectivity index (χ1v) is 6.36. The summed E-state index contributed by atoms with van der Waals surface area (Å²) in [4.78, 5) is 26.6. The molecule has 0 spiro atoms. The fourth-order valence-electron chi connectivity index (χ4n) is 2.46. The van der Waals surface area contributed by atoms with Crippen LogP contribution in [0.4, 0.5) is 11.4 Å². The van der Waals surface area contributed by atoms with Crippen LogP contribution in [0.2, 0.25) is 0 Å². The highest BCUT2D eigenvalue weighted by Crippen LogP contribution is 2.37. The van der Waals surface area contributed by atoms with E-state index in [2.05, 4.69) is 0 Å². The Kier molecular flexibility index (Phi) is 3.74. The highest BCUT2D eigenvalue weighted by molar-refractivity contribution is 6.15. The minimum absolute atomic E-state index is 0.538. The van der Waals surface area contributed by atoms with Gasteiger partial charge in [0.2, 0.25) is 0 Å². The second-order valence-electron chi connectivity index (χ2n) is 5.12. The van der Waals surface area contributed by atoms with E-state index in [1.165, 1.54) is 0 Å². The standard InChI is InChI=1S/C16H18N2O2/c1-17(2)13-7-5-11(9-19)15-12(10-20)6-8-14(16(13)15)18(3)4/h5-10H,1-4H3. The Balaban J connectivity index is 3.05. The number of benzene rings is 2. The molecule has 2 aromatic carbocycles. The van der Waals surface area contributed by atoms with Gasteiger partial charge < -0.3 is 9.80 Å². The summed E-state index contributed by atoms with van der Waals surface area (Å²) in [6, 6.07) is 7.34. The van der Waals surface area contributed by atoms with Crippen LogP contribution in [-0.4, -0.2) is 40.8 Å². The maximum Gasteiger partial charge on any atom is 0.150 e. The summed E-state index contributed by atoms with van der Waals surface area (Å²) in [5.74, 6) is 0. The van der Waals surface area contributed by atoms with Gasteiger partial charge in [0.15, 0.2) is 12.6 Å². The van der Waals surface area contributed by atoms with Crippen LogP contribution in [0, 0.1) is 0 Å². The minimum Gasteiger partial charge on any atom is -0.377 e. The fourth-order valence-corrected chi connectivity index (χ4v) is 2.46. The van der Waals surface area contributed by atoms with Gasteiger partial charge in [-0.05, 0) is 24.3 Å². The van der Waals surface area contributed by atoms with Crippen molar-refractivity contribution in [3.05, 3.63) is 35.4 Å². The monoisotopic (exact) mass is 270 g/mol. The van der Waals surface area contributed by atoms with E-state index in [1.54, 1.807) is 12.1 Å². The molecule has 0 unspecified atom stereocenters. The first-order chi connectivity index (χ1) is 9.51. The van der Waals surface area contributed by atoms with Gasteiger partial charge in [-0.2, -0.15) is 0 Å². The summed E-state index contributed by atoms with van der Waals surface area (Å²) < 4.78 is 0. The molecule has 0 saturated carbocycles. The number of carbonyl (C=O) groups excluding carboxylic acids is 2. The number of hydrogen-bond donors (Lipinski definition) is 0. The fraction of sp³-hybridized carbons (Fsp3) is 0.250. The molecular formula is C16H18N2O2. The average Bonchev–Trinajstić information content (AvgIpc) is 2.44. The van der Waals surface area contributed by atoms with Gasteiger partial charge in [-0.3, -0.25) is 9.59 Å². The van der Waals surface area contributed by atoms with E-state index in [-0.39, 0.29) is 0 Å². The highest BCUT2D eigenvalue weighted by Gasteiger charge is 2.15. The van der Waals surface area contributed by atoms with Crippen LogP contribution in [0.5, 0.6) is 0 Å². The van der Waals surface area contributed by atoms with Gasteiger partial charge in [0, 0.05) is 61.5 Å². The SMILES string of the molecule is CN(C)c1ccc(C=O)c2c(C=O)ccc(N(C)C)c12. The van der Waals surface area contributed by atoms with Crippen molar-refractivity contribution in [2.45, 2.75) is 0 Å².